The largest absolute Gasteiger partial charge is 0.379 e. The summed E-state index contributed by atoms with van der Waals surface area (Å²) >= 11 is 0. The molecule has 8 nitrogen and oxygen atoms in total. The Labute approximate surface area is 168 Å². The van der Waals surface area contributed by atoms with Gasteiger partial charge in [0.15, 0.2) is 0 Å². The first kappa shape index (κ1) is 19.2. The van der Waals surface area contributed by atoms with Gasteiger partial charge in [-0.15, -0.1) is 5.10 Å². The molecule has 2 heterocycles. The molecule has 1 N–H and O–H groups in total. The Hall–Kier alpha value is -3.10. The lowest BCUT2D eigenvalue weighted by Gasteiger charge is -2.26. The summed E-state index contributed by atoms with van der Waals surface area (Å²) in [4.78, 5) is 27.0. The van der Waals surface area contributed by atoms with E-state index in [-0.39, 0.29) is 24.4 Å². The molecule has 1 saturated heterocycles. The van der Waals surface area contributed by atoms with E-state index in [0.717, 1.165) is 38.5 Å². The van der Waals surface area contributed by atoms with Gasteiger partial charge in [0.1, 0.15) is 5.52 Å². The van der Waals surface area contributed by atoms with Crippen LogP contribution in [-0.4, -0.2) is 52.1 Å². The van der Waals surface area contributed by atoms with Crippen LogP contribution in [0.2, 0.25) is 0 Å². The predicted octanol–water partition coefficient (Wildman–Crippen LogP) is 1.65. The van der Waals surface area contributed by atoms with Gasteiger partial charge < -0.3 is 10.1 Å². The number of carbonyl (C=O) groups excluding carboxylic acids is 1. The Morgan fingerprint density at radius 2 is 1.83 bits per heavy atom. The van der Waals surface area contributed by atoms with E-state index < -0.39 is 0 Å². The van der Waals surface area contributed by atoms with Gasteiger partial charge >= 0.3 is 0 Å². The van der Waals surface area contributed by atoms with Crippen molar-refractivity contribution in [2.24, 2.45) is 0 Å². The molecule has 0 bridgehead atoms. The fourth-order valence-corrected chi connectivity index (χ4v) is 3.31. The normalized spacial score (nSPS) is 14.8. The van der Waals surface area contributed by atoms with E-state index in [4.69, 9.17) is 4.74 Å². The van der Waals surface area contributed by atoms with E-state index >= 15 is 0 Å². The zero-order valence-electron chi connectivity index (χ0n) is 16.1. The van der Waals surface area contributed by atoms with Crippen LogP contribution in [0, 0.1) is 0 Å². The van der Waals surface area contributed by atoms with Crippen LogP contribution in [0.3, 0.4) is 0 Å². The van der Waals surface area contributed by atoms with Crippen LogP contribution in [0.4, 0.5) is 5.69 Å². The first-order chi connectivity index (χ1) is 14.2. The molecule has 0 spiro atoms. The average Bonchev–Trinajstić information content (AvgIpc) is 2.76. The number of hydrogen-bond acceptors (Lipinski definition) is 6. The molecule has 1 aromatic heterocycles. The standard InChI is InChI=1S/C21H23N5O3/c27-20(9-10-26-21(28)18-3-1-2-4-19(18)23-24-26)22-17-7-5-16(6-8-17)15-25-11-13-29-14-12-25/h1-8H,9-15H2,(H,22,27). The highest BCUT2D eigenvalue weighted by Gasteiger charge is 2.11. The number of carbonyl (C=O) groups is 1. The Kier molecular flexibility index (Phi) is 5.92. The van der Waals surface area contributed by atoms with Crippen LogP contribution in [0.25, 0.3) is 10.9 Å². The number of benzene rings is 2. The Bertz CT molecular complexity index is 1040. The van der Waals surface area contributed by atoms with Gasteiger partial charge in [-0.05, 0) is 29.8 Å². The fraction of sp³-hybridized carbons (Fsp3) is 0.333. The van der Waals surface area contributed by atoms with E-state index in [9.17, 15) is 9.59 Å². The van der Waals surface area contributed by atoms with Crippen LogP contribution in [0.1, 0.15) is 12.0 Å². The molecular formula is C21H23N5O3. The van der Waals surface area contributed by atoms with Crippen LogP contribution in [0.5, 0.6) is 0 Å². The zero-order valence-corrected chi connectivity index (χ0v) is 16.1. The minimum atomic E-state index is -0.240. The third-order valence-electron chi connectivity index (χ3n) is 4.93. The van der Waals surface area contributed by atoms with E-state index in [1.165, 1.54) is 10.2 Å². The molecule has 1 amide bonds. The maximum absolute atomic E-state index is 12.4. The number of rotatable bonds is 6. The van der Waals surface area contributed by atoms with Crippen molar-refractivity contribution < 1.29 is 9.53 Å². The highest BCUT2D eigenvalue weighted by Crippen LogP contribution is 2.13. The summed E-state index contributed by atoms with van der Waals surface area (Å²) in [6, 6.07) is 14.9. The lowest BCUT2D eigenvalue weighted by Crippen LogP contribution is -2.35. The van der Waals surface area contributed by atoms with Gasteiger partial charge in [0.25, 0.3) is 5.56 Å². The number of fused-ring (bicyclic) bond motifs is 1. The van der Waals surface area contributed by atoms with Crippen molar-refractivity contribution in [2.45, 2.75) is 19.5 Å². The SMILES string of the molecule is O=C(CCn1nnc2ccccc2c1=O)Nc1ccc(CN2CCOCC2)cc1. The maximum Gasteiger partial charge on any atom is 0.277 e. The second-order valence-corrected chi connectivity index (χ2v) is 7.02. The smallest absolute Gasteiger partial charge is 0.277 e. The molecule has 0 atom stereocenters. The molecule has 8 heteroatoms. The number of morpholine rings is 1. The third kappa shape index (κ3) is 4.85. The van der Waals surface area contributed by atoms with Crippen molar-refractivity contribution >= 4 is 22.5 Å². The number of anilines is 1. The summed E-state index contributed by atoms with van der Waals surface area (Å²) in [7, 11) is 0. The van der Waals surface area contributed by atoms with Gasteiger partial charge in [0.2, 0.25) is 5.91 Å². The topological polar surface area (TPSA) is 89.3 Å². The number of aromatic nitrogens is 3. The summed E-state index contributed by atoms with van der Waals surface area (Å²) < 4.78 is 6.59. The van der Waals surface area contributed by atoms with Crippen LogP contribution in [-0.2, 0) is 22.6 Å². The van der Waals surface area contributed by atoms with Crippen LogP contribution >= 0.6 is 0 Å². The molecule has 0 unspecified atom stereocenters. The first-order valence-corrected chi connectivity index (χ1v) is 9.70. The molecule has 1 aliphatic heterocycles. The summed E-state index contributed by atoms with van der Waals surface area (Å²) in [5.74, 6) is -0.173. The lowest BCUT2D eigenvalue weighted by atomic mass is 10.2. The van der Waals surface area contributed by atoms with Crippen LogP contribution < -0.4 is 10.9 Å². The minimum Gasteiger partial charge on any atom is -0.379 e. The highest BCUT2D eigenvalue weighted by atomic mass is 16.5. The molecule has 0 aliphatic carbocycles. The quantitative estimate of drug-likeness (QED) is 0.685. The van der Waals surface area contributed by atoms with Gasteiger partial charge in [-0.3, -0.25) is 14.5 Å². The molecule has 2 aromatic carbocycles. The number of nitrogens with one attached hydrogen (secondary N) is 1. The van der Waals surface area contributed by atoms with Gasteiger partial charge in [0, 0.05) is 31.7 Å². The lowest BCUT2D eigenvalue weighted by molar-refractivity contribution is -0.116. The molecule has 0 radical (unpaired) electrons. The van der Waals surface area contributed by atoms with E-state index in [1.807, 2.05) is 24.3 Å². The second-order valence-electron chi connectivity index (χ2n) is 7.02. The third-order valence-corrected chi connectivity index (χ3v) is 4.93. The molecule has 3 aromatic rings. The number of amides is 1. The minimum absolute atomic E-state index is 0.141. The number of nitrogens with zero attached hydrogens (tertiary/aromatic N) is 4. The van der Waals surface area contributed by atoms with E-state index in [0.29, 0.717) is 10.9 Å². The van der Waals surface area contributed by atoms with Crippen molar-refractivity contribution in [3.8, 4) is 0 Å². The number of aryl methyl sites for hydroxylation is 1. The molecule has 0 saturated carbocycles. The maximum atomic E-state index is 12.4. The van der Waals surface area contributed by atoms with Gasteiger partial charge in [-0.2, -0.15) is 0 Å². The fourth-order valence-electron chi connectivity index (χ4n) is 3.31. The monoisotopic (exact) mass is 393 g/mol. The molecule has 1 fully saturated rings. The second kappa shape index (κ2) is 8.93. The van der Waals surface area contributed by atoms with Crippen molar-refractivity contribution in [3.05, 3.63) is 64.4 Å². The first-order valence-electron chi connectivity index (χ1n) is 9.70. The van der Waals surface area contributed by atoms with Crippen LogP contribution in [0.15, 0.2) is 53.3 Å². The summed E-state index contributed by atoms with van der Waals surface area (Å²) in [5.41, 5.74) is 2.24. The number of hydrogen-bond donors (Lipinski definition) is 1. The van der Waals surface area contributed by atoms with Gasteiger partial charge in [-0.1, -0.05) is 29.5 Å². The van der Waals surface area contributed by atoms with Crippen molar-refractivity contribution in [3.63, 3.8) is 0 Å². The molecular weight excluding hydrogens is 370 g/mol. The van der Waals surface area contributed by atoms with Gasteiger partial charge in [-0.25, -0.2) is 4.68 Å². The van der Waals surface area contributed by atoms with Crippen molar-refractivity contribution in [1.29, 1.82) is 0 Å². The summed E-state index contributed by atoms with van der Waals surface area (Å²) in [6.45, 7) is 4.49. The zero-order chi connectivity index (χ0) is 20.1. The predicted molar refractivity (Wildman–Crippen MR) is 110 cm³/mol. The van der Waals surface area contributed by atoms with Crippen molar-refractivity contribution in [1.82, 2.24) is 19.9 Å². The van der Waals surface area contributed by atoms with E-state index in [2.05, 4.69) is 20.5 Å². The molecule has 150 valence electrons. The van der Waals surface area contributed by atoms with Crippen molar-refractivity contribution in [2.75, 3.05) is 31.6 Å². The summed E-state index contributed by atoms with van der Waals surface area (Å²) in [5, 5.41) is 11.3. The Morgan fingerprint density at radius 3 is 2.62 bits per heavy atom. The average molecular weight is 393 g/mol. The number of ether oxygens (including phenoxy) is 1. The molecule has 1 aliphatic rings. The summed E-state index contributed by atoms with van der Waals surface area (Å²) in [6.07, 6.45) is 0.141. The Balaban J connectivity index is 1.31. The Morgan fingerprint density at radius 1 is 1.07 bits per heavy atom. The highest BCUT2D eigenvalue weighted by molar-refractivity contribution is 5.90. The molecule has 4 rings (SSSR count). The van der Waals surface area contributed by atoms with E-state index in [1.54, 1.807) is 24.3 Å². The molecule has 29 heavy (non-hydrogen) atoms. The van der Waals surface area contributed by atoms with Gasteiger partial charge in [0.05, 0.1) is 25.1 Å².